The van der Waals surface area contributed by atoms with Crippen molar-refractivity contribution >= 4 is 34.9 Å². The van der Waals surface area contributed by atoms with Crippen molar-refractivity contribution in [3.05, 3.63) is 65.8 Å². The molecule has 214 valence electrons. The van der Waals surface area contributed by atoms with Crippen molar-refractivity contribution in [1.82, 2.24) is 15.1 Å². The van der Waals surface area contributed by atoms with Gasteiger partial charge in [0.25, 0.3) is 5.91 Å². The summed E-state index contributed by atoms with van der Waals surface area (Å²) < 4.78 is 52.0. The Morgan fingerprint density at radius 2 is 2.00 bits per heavy atom. The van der Waals surface area contributed by atoms with E-state index in [1.807, 2.05) is 20.8 Å². The first-order chi connectivity index (χ1) is 18.7. The number of carbonyl (C=O) groups excluding carboxylic acids is 1. The molecule has 0 saturated carbocycles. The Morgan fingerprint density at radius 3 is 2.60 bits per heavy atom. The third-order valence-electron chi connectivity index (χ3n) is 5.55. The Balaban J connectivity index is 2.03. The quantitative estimate of drug-likeness (QED) is 0.237. The van der Waals surface area contributed by atoms with Gasteiger partial charge in [0.2, 0.25) is 5.95 Å². The van der Waals surface area contributed by atoms with Gasteiger partial charge in [-0.3, -0.25) is 4.79 Å². The predicted octanol–water partition coefficient (Wildman–Crippen LogP) is 4.71. The largest absolute Gasteiger partial charge is 0.418 e. The fraction of sp³-hybridized carbons (Fsp3) is 0.346. The number of likely N-dealkylation sites (N-methyl/N-ethyl adjacent to an activating group) is 1. The summed E-state index contributed by atoms with van der Waals surface area (Å²) in [7, 11) is 3.26. The molecule has 2 heterocycles. The number of ether oxygens (including phenoxy) is 1. The number of alkyl halides is 3. The molecule has 2 aromatic heterocycles. The molecule has 3 rings (SSSR count). The lowest BCUT2D eigenvalue weighted by Crippen LogP contribution is -2.26. The number of nitrogens with one attached hydrogen (secondary N) is 2. The number of carbonyl (C=O) groups is 1. The summed E-state index contributed by atoms with van der Waals surface area (Å²) in [4.78, 5) is 27.2. The summed E-state index contributed by atoms with van der Waals surface area (Å²) >= 11 is 0. The molecule has 11 nitrogen and oxygen atoms in total. The summed E-state index contributed by atoms with van der Waals surface area (Å²) in [5, 5.41) is 9.13. The fourth-order valence-corrected chi connectivity index (χ4v) is 3.36. The highest BCUT2D eigenvalue weighted by Gasteiger charge is 2.34. The molecule has 0 saturated heterocycles. The molecule has 40 heavy (non-hydrogen) atoms. The van der Waals surface area contributed by atoms with Gasteiger partial charge < -0.3 is 30.5 Å². The molecule has 0 radical (unpaired) electrons. The van der Waals surface area contributed by atoms with Crippen LogP contribution in [0.4, 0.5) is 36.3 Å². The number of nitrogens with two attached hydrogens (primary N) is 1. The molecule has 3 aromatic rings. The average molecular weight is 561 g/mol. The fourth-order valence-electron chi connectivity index (χ4n) is 3.36. The van der Waals surface area contributed by atoms with E-state index in [1.165, 1.54) is 12.4 Å². The second kappa shape index (κ2) is 12.2. The van der Waals surface area contributed by atoms with Gasteiger partial charge >= 0.3 is 6.18 Å². The van der Waals surface area contributed by atoms with Crippen molar-refractivity contribution in [2.45, 2.75) is 32.4 Å². The van der Waals surface area contributed by atoms with Crippen molar-refractivity contribution < 1.29 is 27.2 Å². The van der Waals surface area contributed by atoms with Gasteiger partial charge in [-0.15, -0.1) is 0 Å². The molecule has 14 heteroatoms. The minimum atomic E-state index is -4.78. The number of amides is 1. The summed E-state index contributed by atoms with van der Waals surface area (Å²) in [5.74, 6) is -0.177. The molecule has 0 aliphatic rings. The monoisotopic (exact) mass is 560 g/mol. The van der Waals surface area contributed by atoms with Crippen molar-refractivity contribution in [2.24, 2.45) is 10.7 Å². The summed E-state index contributed by atoms with van der Waals surface area (Å²) in [6.45, 7) is 10.1. The van der Waals surface area contributed by atoms with E-state index in [1.54, 1.807) is 25.1 Å². The lowest BCUT2D eigenvalue weighted by Gasteiger charge is -2.18. The van der Waals surface area contributed by atoms with E-state index < -0.39 is 23.3 Å². The number of nitrogens with zero attached hydrogens (tertiary/aromatic N) is 5. The van der Waals surface area contributed by atoms with Gasteiger partial charge in [-0.05, 0) is 24.4 Å². The smallest absolute Gasteiger partial charge is 0.383 e. The Kier molecular flexibility index (Phi) is 9.14. The number of amidine groups is 1. The zero-order chi connectivity index (χ0) is 29.7. The van der Waals surface area contributed by atoms with Gasteiger partial charge in [-0.2, -0.15) is 13.2 Å². The molecule has 0 atom stereocenters. The molecule has 0 bridgehead atoms. The highest BCUT2D eigenvalue weighted by Crippen LogP contribution is 2.37. The maximum atomic E-state index is 13.9. The minimum Gasteiger partial charge on any atom is -0.383 e. The molecule has 1 aromatic carbocycles. The number of anilines is 3. The second-order valence-electron chi connectivity index (χ2n) is 9.70. The molecular formula is C26H31F3N8O3. The Hall–Kier alpha value is -4.46. The first kappa shape index (κ1) is 30.1. The number of aliphatic imine (C=N–C) groups is 1. The van der Waals surface area contributed by atoms with Crippen molar-refractivity contribution in [3.8, 4) is 0 Å². The van der Waals surface area contributed by atoms with E-state index in [2.05, 4.69) is 37.3 Å². The standard InChI is InChI=1S/C26H31F3N8O3/c1-7-31-18-14-32-24(37(5)10-11-39-6)35-21(18)22(30)33-17-12-15(8-9-16(17)26(27,28)29)23(38)34-20-13-19(40-36-20)25(2,3)4/h7-9,12-14,31H,1,10-11H2,2-6H3,(H2,30,33)(H,34,36,38). The Morgan fingerprint density at radius 1 is 1.27 bits per heavy atom. The SMILES string of the molecule is C=CNc1cnc(N(C)CCOC)nc1C(N)=Nc1cc(C(=O)Nc2cc(C(C)(C)C)on2)ccc1C(F)(F)F. The zero-order valence-electron chi connectivity index (χ0n) is 22.8. The number of benzene rings is 1. The first-order valence-corrected chi connectivity index (χ1v) is 12.0. The first-order valence-electron chi connectivity index (χ1n) is 12.0. The highest BCUT2D eigenvalue weighted by molar-refractivity contribution is 6.05. The number of halogens is 3. The van der Waals surface area contributed by atoms with E-state index in [0.717, 1.165) is 18.2 Å². The van der Waals surface area contributed by atoms with Crippen LogP contribution in [-0.2, 0) is 16.3 Å². The number of methoxy groups -OCH3 is 1. The van der Waals surface area contributed by atoms with Crippen LogP contribution >= 0.6 is 0 Å². The van der Waals surface area contributed by atoms with Gasteiger partial charge in [0.05, 0.1) is 29.7 Å². The van der Waals surface area contributed by atoms with Crippen LogP contribution in [-0.4, -0.2) is 54.2 Å². The Bertz CT molecular complexity index is 1400. The molecule has 1 amide bonds. The van der Waals surface area contributed by atoms with Crippen LogP contribution in [0.25, 0.3) is 0 Å². The molecule has 0 unspecified atom stereocenters. The zero-order valence-corrected chi connectivity index (χ0v) is 22.8. The second-order valence-corrected chi connectivity index (χ2v) is 9.70. The van der Waals surface area contributed by atoms with Crippen molar-refractivity contribution in [3.63, 3.8) is 0 Å². The molecule has 0 fully saturated rings. The highest BCUT2D eigenvalue weighted by atomic mass is 19.4. The minimum absolute atomic E-state index is 0.0365. The van der Waals surface area contributed by atoms with Crippen LogP contribution in [0.5, 0.6) is 0 Å². The lowest BCUT2D eigenvalue weighted by atomic mass is 9.93. The summed E-state index contributed by atoms with van der Waals surface area (Å²) in [6.07, 6.45) is -2.03. The van der Waals surface area contributed by atoms with Gasteiger partial charge in [0.1, 0.15) is 11.5 Å². The molecule has 4 N–H and O–H groups in total. The molecule has 0 aliphatic heterocycles. The van der Waals surface area contributed by atoms with Crippen LogP contribution in [0.1, 0.15) is 48.1 Å². The molecular weight excluding hydrogens is 529 g/mol. The summed E-state index contributed by atoms with van der Waals surface area (Å²) in [6, 6.07) is 4.33. The van der Waals surface area contributed by atoms with E-state index in [-0.39, 0.29) is 40.0 Å². The Labute approximate surface area is 229 Å². The van der Waals surface area contributed by atoms with Gasteiger partial charge in [-0.1, -0.05) is 32.5 Å². The van der Waals surface area contributed by atoms with Gasteiger partial charge in [0, 0.05) is 37.7 Å². The third-order valence-corrected chi connectivity index (χ3v) is 5.55. The van der Waals surface area contributed by atoms with E-state index in [9.17, 15) is 18.0 Å². The normalized spacial score (nSPS) is 12.2. The van der Waals surface area contributed by atoms with E-state index in [0.29, 0.717) is 18.9 Å². The van der Waals surface area contributed by atoms with E-state index in [4.69, 9.17) is 15.0 Å². The van der Waals surface area contributed by atoms with Crippen molar-refractivity contribution in [1.29, 1.82) is 0 Å². The lowest BCUT2D eigenvalue weighted by molar-refractivity contribution is -0.137. The topological polar surface area (TPSA) is 144 Å². The van der Waals surface area contributed by atoms with Crippen molar-refractivity contribution in [2.75, 3.05) is 42.8 Å². The van der Waals surface area contributed by atoms with Crippen LogP contribution in [0, 0.1) is 0 Å². The number of aromatic nitrogens is 3. The molecule has 0 aliphatic carbocycles. The van der Waals surface area contributed by atoms with E-state index >= 15 is 0 Å². The average Bonchev–Trinajstić information content (AvgIpc) is 3.36. The van der Waals surface area contributed by atoms with Gasteiger partial charge in [0.15, 0.2) is 11.7 Å². The van der Waals surface area contributed by atoms with Gasteiger partial charge in [-0.25, -0.2) is 15.0 Å². The molecule has 0 spiro atoms. The van der Waals surface area contributed by atoms with Crippen LogP contribution in [0.3, 0.4) is 0 Å². The third kappa shape index (κ3) is 7.34. The number of rotatable bonds is 10. The number of hydrogen-bond donors (Lipinski definition) is 3. The van der Waals surface area contributed by atoms with Crippen LogP contribution in [0.15, 0.2) is 52.8 Å². The predicted molar refractivity (Wildman–Crippen MR) is 146 cm³/mol. The maximum absolute atomic E-state index is 13.9. The summed E-state index contributed by atoms with van der Waals surface area (Å²) in [5.41, 5.74) is 4.36. The van der Waals surface area contributed by atoms with Crippen LogP contribution in [0.2, 0.25) is 0 Å². The maximum Gasteiger partial charge on any atom is 0.418 e. The van der Waals surface area contributed by atoms with Crippen LogP contribution < -0.4 is 21.3 Å². The number of hydrogen-bond acceptors (Lipinski definition) is 9.